The van der Waals surface area contributed by atoms with E-state index in [1.807, 2.05) is 0 Å². The molecular weight excluding hydrogens is 438 g/mol. The van der Waals surface area contributed by atoms with Gasteiger partial charge in [-0.25, -0.2) is 0 Å². The van der Waals surface area contributed by atoms with E-state index >= 15 is 0 Å². The zero-order valence-corrected chi connectivity index (χ0v) is 17.0. The summed E-state index contributed by atoms with van der Waals surface area (Å²) < 4.78 is 48.3. The predicted octanol–water partition coefficient (Wildman–Crippen LogP) is 4.50. The lowest BCUT2D eigenvalue weighted by atomic mass is 10.1. The van der Waals surface area contributed by atoms with E-state index in [-0.39, 0.29) is 17.9 Å². The summed E-state index contributed by atoms with van der Waals surface area (Å²) in [4.78, 5) is 16.1. The van der Waals surface area contributed by atoms with Crippen LogP contribution in [-0.4, -0.2) is 27.7 Å². The van der Waals surface area contributed by atoms with Crippen molar-refractivity contribution in [2.75, 3.05) is 0 Å². The van der Waals surface area contributed by atoms with Gasteiger partial charge in [-0.1, -0.05) is 41.4 Å². The van der Waals surface area contributed by atoms with Gasteiger partial charge < -0.3 is 14.5 Å². The largest absolute Gasteiger partial charge is 0.456 e. The molecule has 2 aromatic carbocycles. The van der Waals surface area contributed by atoms with E-state index in [0.717, 1.165) is 5.56 Å². The van der Waals surface area contributed by atoms with Crippen molar-refractivity contribution in [3.8, 4) is 11.5 Å². The summed E-state index contributed by atoms with van der Waals surface area (Å²) in [7, 11) is -9.82. The second kappa shape index (κ2) is 8.92. The van der Waals surface area contributed by atoms with Gasteiger partial charge in [0.2, 0.25) is 0 Å². The summed E-state index contributed by atoms with van der Waals surface area (Å²) in [6.45, 7) is 0. The summed E-state index contributed by atoms with van der Waals surface area (Å²) in [6.07, 6.45) is 0.0811. The van der Waals surface area contributed by atoms with Gasteiger partial charge in [0.05, 0.1) is 5.02 Å². The van der Waals surface area contributed by atoms with Crippen LogP contribution in [0.5, 0.6) is 11.5 Å². The molecule has 0 aliphatic carbocycles. The molecule has 27 heavy (non-hydrogen) atoms. The average molecular weight is 455 g/mol. The van der Waals surface area contributed by atoms with E-state index in [1.54, 1.807) is 42.5 Å². The van der Waals surface area contributed by atoms with Crippen LogP contribution in [0.15, 0.2) is 42.5 Å². The van der Waals surface area contributed by atoms with Crippen LogP contribution in [-0.2, 0) is 21.1 Å². The number of halogens is 2. The van der Waals surface area contributed by atoms with Crippen molar-refractivity contribution in [2.24, 2.45) is 0 Å². The second-order valence-corrected chi connectivity index (χ2v) is 10.3. The first-order chi connectivity index (χ1) is 12.5. The molecule has 0 spiro atoms. The third-order valence-corrected chi connectivity index (χ3v) is 8.03. The Morgan fingerprint density at radius 2 is 1.78 bits per heavy atom. The molecule has 0 saturated heterocycles. The van der Waals surface area contributed by atoms with Gasteiger partial charge in [-0.05, 0) is 49.1 Å². The molecule has 1 unspecified atom stereocenters. The van der Waals surface area contributed by atoms with Crippen LogP contribution in [0.1, 0.15) is 18.4 Å². The third-order valence-electron chi connectivity index (χ3n) is 3.68. The SMILES string of the molecule is O=P(O)(O)C(CCCc1cccc(Oc2cccc(Cl)c2Cl)c1)S(=O)(=O)O. The average Bonchev–Trinajstić information content (AvgIpc) is 2.54. The van der Waals surface area contributed by atoms with Gasteiger partial charge in [-0.15, -0.1) is 0 Å². The van der Waals surface area contributed by atoms with Crippen LogP contribution in [0.25, 0.3) is 0 Å². The quantitative estimate of drug-likeness (QED) is 0.396. The Balaban J connectivity index is 2.06. The molecule has 0 amide bonds. The van der Waals surface area contributed by atoms with Crippen molar-refractivity contribution in [1.82, 2.24) is 0 Å². The second-order valence-electron chi connectivity index (χ2n) is 5.75. The molecule has 2 rings (SSSR count). The molecule has 0 fully saturated rings. The van der Waals surface area contributed by atoms with Crippen molar-refractivity contribution in [3.05, 3.63) is 58.1 Å². The van der Waals surface area contributed by atoms with Crippen molar-refractivity contribution >= 4 is 40.9 Å². The molecule has 0 radical (unpaired) electrons. The summed E-state index contributed by atoms with van der Waals surface area (Å²) in [5, 5.41) is 0.612. The minimum Gasteiger partial charge on any atom is -0.456 e. The summed E-state index contributed by atoms with van der Waals surface area (Å²) in [5.74, 6) is 0.840. The fourth-order valence-corrected chi connectivity index (χ4v) is 5.13. The lowest BCUT2D eigenvalue weighted by Gasteiger charge is -2.15. The zero-order valence-electron chi connectivity index (χ0n) is 13.8. The fourth-order valence-electron chi connectivity index (χ4n) is 2.43. The van der Waals surface area contributed by atoms with Crippen molar-refractivity contribution < 1.29 is 32.1 Å². The van der Waals surface area contributed by atoms with E-state index in [4.69, 9.17) is 42.3 Å². The summed E-state index contributed by atoms with van der Waals surface area (Å²) in [6, 6.07) is 11.8. The highest BCUT2D eigenvalue weighted by atomic mass is 35.5. The van der Waals surface area contributed by atoms with Crippen LogP contribution >= 0.6 is 30.8 Å². The van der Waals surface area contributed by atoms with E-state index in [1.165, 1.54) is 0 Å². The molecule has 2 aromatic rings. The van der Waals surface area contributed by atoms with Crippen molar-refractivity contribution in [2.45, 2.75) is 24.3 Å². The molecule has 0 aliphatic heterocycles. The van der Waals surface area contributed by atoms with Gasteiger partial charge in [0.15, 0.2) is 4.99 Å². The Bertz CT molecular complexity index is 959. The zero-order chi connectivity index (χ0) is 20.2. The minimum atomic E-state index is -4.97. The first-order valence-corrected chi connectivity index (χ1v) is 11.6. The van der Waals surface area contributed by atoms with E-state index < -0.39 is 22.7 Å². The number of ether oxygens (including phenoxy) is 1. The standard InChI is InChI=1S/C16H17Cl2O7PS/c17-13-7-3-8-14(16(13)18)25-12-6-1-4-11(10-12)5-2-9-15(26(19,20)21)27(22,23)24/h1,3-4,6-8,10,15H,2,5,9H2,(H2,19,20,21)(H,22,23,24). The molecule has 0 aromatic heterocycles. The molecule has 7 nitrogen and oxygen atoms in total. The molecule has 0 bridgehead atoms. The molecule has 148 valence electrons. The van der Waals surface area contributed by atoms with Gasteiger partial charge in [0, 0.05) is 0 Å². The molecule has 3 N–H and O–H groups in total. The Labute approximate surface area is 166 Å². The Morgan fingerprint density at radius 3 is 2.41 bits per heavy atom. The van der Waals surface area contributed by atoms with Gasteiger partial charge in [0.25, 0.3) is 10.1 Å². The first kappa shape index (κ1) is 22.2. The van der Waals surface area contributed by atoms with Crippen LogP contribution < -0.4 is 4.74 Å². The van der Waals surface area contributed by atoms with E-state index in [0.29, 0.717) is 22.9 Å². The maximum absolute atomic E-state index is 11.2. The highest BCUT2D eigenvalue weighted by Crippen LogP contribution is 2.46. The third kappa shape index (κ3) is 6.47. The van der Waals surface area contributed by atoms with Gasteiger partial charge in [-0.3, -0.25) is 9.12 Å². The predicted molar refractivity (Wildman–Crippen MR) is 103 cm³/mol. The van der Waals surface area contributed by atoms with Gasteiger partial charge >= 0.3 is 7.60 Å². The van der Waals surface area contributed by atoms with Gasteiger partial charge in [0.1, 0.15) is 16.5 Å². The molecule has 0 aliphatic rings. The Hall–Kier alpha value is -1.12. The first-order valence-electron chi connectivity index (χ1n) is 7.71. The Morgan fingerprint density at radius 1 is 1.11 bits per heavy atom. The monoisotopic (exact) mass is 454 g/mol. The summed E-state index contributed by atoms with van der Waals surface area (Å²) in [5.41, 5.74) is 0.755. The highest BCUT2D eigenvalue weighted by molar-refractivity contribution is 7.93. The van der Waals surface area contributed by atoms with Crippen LogP contribution in [0.3, 0.4) is 0 Å². The number of hydrogen-bond acceptors (Lipinski definition) is 4. The normalized spacial score (nSPS) is 13.4. The minimum absolute atomic E-state index is 0.136. The molecule has 0 heterocycles. The smallest absolute Gasteiger partial charge is 0.346 e. The highest BCUT2D eigenvalue weighted by Gasteiger charge is 2.38. The van der Waals surface area contributed by atoms with E-state index in [2.05, 4.69) is 0 Å². The summed E-state index contributed by atoms with van der Waals surface area (Å²) >= 11 is 12.0. The van der Waals surface area contributed by atoms with E-state index in [9.17, 15) is 13.0 Å². The molecular formula is C16H17Cl2O7PS. The number of hydrogen-bond donors (Lipinski definition) is 3. The number of rotatable bonds is 8. The van der Waals surface area contributed by atoms with Crippen molar-refractivity contribution in [1.29, 1.82) is 0 Å². The lowest BCUT2D eigenvalue weighted by Crippen LogP contribution is -2.20. The maximum Gasteiger partial charge on any atom is 0.346 e. The van der Waals surface area contributed by atoms with Crippen LogP contribution in [0.2, 0.25) is 10.0 Å². The molecule has 11 heteroatoms. The van der Waals surface area contributed by atoms with Crippen LogP contribution in [0.4, 0.5) is 0 Å². The lowest BCUT2D eigenvalue weighted by molar-refractivity contribution is 0.360. The Kier molecular flexibility index (Phi) is 7.33. The molecule has 0 saturated carbocycles. The maximum atomic E-state index is 11.2. The van der Waals surface area contributed by atoms with Gasteiger partial charge in [-0.2, -0.15) is 8.42 Å². The number of aryl methyl sites for hydroxylation is 1. The van der Waals surface area contributed by atoms with Crippen LogP contribution in [0, 0.1) is 0 Å². The fraction of sp³-hybridized carbons (Fsp3) is 0.250. The van der Waals surface area contributed by atoms with Crippen molar-refractivity contribution in [3.63, 3.8) is 0 Å². The topological polar surface area (TPSA) is 121 Å². The number of benzene rings is 2. The molecule has 1 atom stereocenters.